The molecule has 0 aromatic carbocycles. The SMILES string of the molecule is C[C@@H]1CCCC(C)(C)C1. The fraction of sp³-hybridized carbons (Fsp3) is 1.00. The standard InChI is InChI=1S/C9H18/c1-8-5-4-6-9(2,3)7-8/h8H,4-7H2,1-3H3/t8-/m1/s1. The van der Waals surface area contributed by atoms with Crippen molar-refractivity contribution < 1.29 is 0 Å². The Balaban J connectivity index is 2.41. The predicted octanol–water partition coefficient (Wildman–Crippen LogP) is 3.22. The summed E-state index contributed by atoms with van der Waals surface area (Å²) < 4.78 is 0. The van der Waals surface area contributed by atoms with Crippen LogP contribution in [0.1, 0.15) is 46.5 Å². The van der Waals surface area contributed by atoms with Crippen molar-refractivity contribution in [1.29, 1.82) is 0 Å². The first-order chi connectivity index (χ1) is 4.10. The van der Waals surface area contributed by atoms with Gasteiger partial charge in [-0.3, -0.25) is 0 Å². The molecule has 1 aliphatic carbocycles. The highest BCUT2D eigenvalue weighted by Gasteiger charge is 2.24. The summed E-state index contributed by atoms with van der Waals surface area (Å²) in [4.78, 5) is 0. The van der Waals surface area contributed by atoms with Crippen LogP contribution in [0.25, 0.3) is 0 Å². The van der Waals surface area contributed by atoms with Crippen molar-refractivity contribution >= 4 is 0 Å². The van der Waals surface area contributed by atoms with Gasteiger partial charge in [0.15, 0.2) is 0 Å². The van der Waals surface area contributed by atoms with E-state index in [0.29, 0.717) is 5.41 Å². The summed E-state index contributed by atoms with van der Waals surface area (Å²) in [6.07, 6.45) is 5.79. The molecule has 0 aromatic rings. The van der Waals surface area contributed by atoms with Crippen LogP contribution in [0.3, 0.4) is 0 Å². The Labute approximate surface area is 58.7 Å². The molecule has 0 nitrogen and oxygen atoms in total. The Kier molecular flexibility index (Phi) is 1.83. The lowest BCUT2D eigenvalue weighted by Gasteiger charge is -2.33. The molecular weight excluding hydrogens is 108 g/mol. The van der Waals surface area contributed by atoms with Crippen LogP contribution in [-0.4, -0.2) is 0 Å². The van der Waals surface area contributed by atoms with Gasteiger partial charge in [-0.2, -0.15) is 0 Å². The molecule has 54 valence electrons. The van der Waals surface area contributed by atoms with E-state index < -0.39 is 0 Å². The molecule has 0 spiro atoms. The Morgan fingerprint density at radius 3 is 2.33 bits per heavy atom. The Bertz CT molecular complexity index is 92.2. The van der Waals surface area contributed by atoms with Crippen molar-refractivity contribution in [2.45, 2.75) is 46.5 Å². The summed E-state index contributed by atoms with van der Waals surface area (Å²) >= 11 is 0. The minimum absolute atomic E-state index is 0.650. The van der Waals surface area contributed by atoms with E-state index in [9.17, 15) is 0 Å². The van der Waals surface area contributed by atoms with Gasteiger partial charge in [0.1, 0.15) is 0 Å². The van der Waals surface area contributed by atoms with Crippen molar-refractivity contribution in [3.8, 4) is 0 Å². The summed E-state index contributed by atoms with van der Waals surface area (Å²) in [5.41, 5.74) is 0.650. The van der Waals surface area contributed by atoms with Gasteiger partial charge in [-0.1, -0.05) is 33.6 Å². The van der Waals surface area contributed by atoms with Crippen LogP contribution in [0.2, 0.25) is 0 Å². The normalized spacial score (nSPS) is 34.3. The van der Waals surface area contributed by atoms with Crippen LogP contribution in [-0.2, 0) is 0 Å². The van der Waals surface area contributed by atoms with E-state index in [1.165, 1.54) is 25.7 Å². The molecule has 0 amide bonds. The molecule has 1 fully saturated rings. The highest BCUT2D eigenvalue weighted by Crippen LogP contribution is 2.37. The van der Waals surface area contributed by atoms with Crippen molar-refractivity contribution in [2.75, 3.05) is 0 Å². The van der Waals surface area contributed by atoms with E-state index in [0.717, 1.165) is 5.92 Å². The maximum absolute atomic E-state index is 2.39. The molecule has 0 N–H and O–H groups in total. The number of hydrogen-bond acceptors (Lipinski definition) is 0. The lowest BCUT2D eigenvalue weighted by molar-refractivity contribution is 0.191. The maximum Gasteiger partial charge on any atom is -0.0352 e. The molecule has 0 radical (unpaired) electrons. The van der Waals surface area contributed by atoms with E-state index >= 15 is 0 Å². The van der Waals surface area contributed by atoms with E-state index in [1.54, 1.807) is 0 Å². The van der Waals surface area contributed by atoms with Crippen molar-refractivity contribution in [3.63, 3.8) is 0 Å². The summed E-state index contributed by atoms with van der Waals surface area (Å²) in [7, 11) is 0. The summed E-state index contributed by atoms with van der Waals surface area (Å²) in [5.74, 6) is 0.980. The smallest absolute Gasteiger partial charge is 0.0352 e. The molecule has 9 heavy (non-hydrogen) atoms. The third kappa shape index (κ3) is 2.00. The van der Waals surface area contributed by atoms with Gasteiger partial charge >= 0.3 is 0 Å². The van der Waals surface area contributed by atoms with Crippen molar-refractivity contribution in [3.05, 3.63) is 0 Å². The second-order valence-electron chi connectivity index (χ2n) is 4.37. The number of hydrogen-bond donors (Lipinski definition) is 0. The van der Waals surface area contributed by atoms with Crippen LogP contribution in [0.15, 0.2) is 0 Å². The van der Waals surface area contributed by atoms with Gasteiger partial charge in [0.25, 0.3) is 0 Å². The Morgan fingerprint density at radius 2 is 2.00 bits per heavy atom. The molecule has 0 unspecified atom stereocenters. The van der Waals surface area contributed by atoms with Crippen LogP contribution in [0.4, 0.5) is 0 Å². The first kappa shape index (κ1) is 7.11. The molecule has 0 aromatic heterocycles. The van der Waals surface area contributed by atoms with E-state index in [2.05, 4.69) is 20.8 Å². The molecule has 1 saturated carbocycles. The molecular formula is C9H18. The Hall–Kier alpha value is 0. The van der Waals surface area contributed by atoms with Crippen LogP contribution < -0.4 is 0 Å². The third-order valence-corrected chi connectivity index (χ3v) is 2.45. The van der Waals surface area contributed by atoms with Gasteiger partial charge in [-0.25, -0.2) is 0 Å². The summed E-state index contributed by atoms with van der Waals surface area (Å²) in [6.45, 7) is 7.16. The van der Waals surface area contributed by atoms with Gasteiger partial charge in [0.05, 0.1) is 0 Å². The van der Waals surface area contributed by atoms with Crippen molar-refractivity contribution in [2.24, 2.45) is 11.3 Å². The molecule has 0 bridgehead atoms. The van der Waals surface area contributed by atoms with Crippen LogP contribution in [0.5, 0.6) is 0 Å². The molecule has 1 rings (SSSR count). The summed E-state index contributed by atoms with van der Waals surface area (Å²) in [6, 6.07) is 0. The Morgan fingerprint density at radius 1 is 1.33 bits per heavy atom. The molecule has 0 heterocycles. The third-order valence-electron chi connectivity index (χ3n) is 2.45. The van der Waals surface area contributed by atoms with Crippen LogP contribution >= 0.6 is 0 Å². The fourth-order valence-electron chi connectivity index (χ4n) is 2.08. The largest absolute Gasteiger partial charge is 0.0625 e. The van der Waals surface area contributed by atoms with E-state index in [-0.39, 0.29) is 0 Å². The van der Waals surface area contributed by atoms with Crippen LogP contribution in [0, 0.1) is 11.3 Å². The number of rotatable bonds is 0. The lowest BCUT2D eigenvalue weighted by atomic mass is 9.73. The quantitative estimate of drug-likeness (QED) is 0.467. The summed E-state index contributed by atoms with van der Waals surface area (Å²) in [5, 5.41) is 0. The van der Waals surface area contributed by atoms with Gasteiger partial charge in [-0.05, 0) is 24.2 Å². The molecule has 0 heteroatoms. The first-order valence-electron chi connectivity index (χ1n) is 4.10. The first-order valence-corrected chi connectivity index (χ1v) is 4.10. The highest BCUT2D eigenvalue weighted by atomic mass is 14.3. The van der Waals surface area contributed by atoms with Gasteiger partial charge in [0.2, 0.25) is 0 Å². The second kappa shape index (κ2) is 2.32. The predicted molar refractivity (Wildman–Crippen MR) is 41.4 cm³/mol. The van der Waals surface area contributed by atoms with E-state index in [4.69, 9.17) is 0 Å². The monoisotopic (exact) mass is 126 g/mol. The average molecular weight is 126 g/mol. The molecule has 0 saturated heterocycles. The van der Waals surface area contributed by atoms with Gasteiger partial charge in [-0.15, -0.1) is 0 Å². The lowest BCUT2D eigenvalue weighted by Crippen LogP contribution is -2.20. The highest BCUT2D eigenvalue weighted by molar-refractivity contribution is 4.76. The van der Waals surface area contributed by atoms with Gasteiger partial charge in [0, 0.05) is 0 Å². The van der Waals surface area contributed by atoms with E-state index in [1.807, 2.05) is 0 Å². The molecule has 1 atom stereocenters. The minimum Gasteiger partial charge on any atom is -0.0625 e. The fourth-order valence-corrected chi connectivity index (χ4v) is 2.08. The zero-order valence-electron chi connectivity index (χ0n) is 6.91. The minimum atomic E-state index is 0.650. The zero-order valence-corrected chi connectivity index (χ0v) is 6.91. The average Bonchev–Trinajstić information content (AvgIpc) is 1.60. The zero-order chi connectivity index (χ0) is 6.91. The maximum atomic E-state index is 2.39. The van der Waals surface area contributed by atoms with Gasteiger partial charge < -0.3 is 0 Å². The molecule has 1 aliphatic rings. The topological polar surface area (TPSA) is 0 Å². The molecule has 0 aliphatic heterocycles. The second-order valence-corrected chi connectivity index (χ2v) is 4.37. The van der Waals surface area contributed by atoms with Crippen molar-refractivity contribution in [1.82, 2.24) is 0 Å².